The Kier molecular flexibility index (Phi) is 4.59. The fourth-order valence-electron chi connectivity index (χ4n) is 1.51. The second-order valence-electron chi connectivity index (χ2n) is 3.56. The van der Waals surface area contributed by atoms with Gasteiger partial charge in [-0.15, -0.1) is 0 Å². The summed E-state index contributed by atoms with van der Waals surface area (Å²) in [6.07, 6.45) is 1.05. The van der Waals surface area contributed by atoms with Crippen molar-refractivity contribution < 1.29 is 0 Å². The molecule has 0 radical (unpaired) electrons. The van der Waals surface area contributed by atoms with E-state index in [9.17, 15) is 0 Å². The van der Waals surface area contributed by atoms with Crippen LogP contribution in [0.1, 0.15) is 16.7 Å². The molecule has 1 aromatic rings. The highest BCUT2D eigenvalue weighted by molar-refractivity contribution is 5.30. The number of rotatable bonds is 5. The van der Waals surface area contributed by atoms with E-state index >= 15 is 0 Å². The molecule has 3 nitrogen and oxygen atoms in total. The Morgan fingerprint density at radius 3 is 2.71 bits per heavy atom. The summed E-state index contributed by atoms with van der Waals surface area (Å²) >= 11 is 0. The van der Waals surface area contributed by atoms with Crippen LogP contribution in [0.15, 0.2) is 18.2 Å². The number of hydrazine groups is 1. The van der Waals surface area contributed by atoms with Crippen LogP contribution in [0.3, 0.4) is 0 Å². The topological polar surface area (TPSA) is 50.1 Å². The molecular formula is C11H19N3. The Hall–Kier alpha value is -0.900. The van der Waals surface area contributed by atoms with Crippen LogP contribution in [0.5, 0.6) is 0 Å². The summed E-state index contributed by atoms with van der Waals surface area (Å²) in [6, 6.07) is 6.57. The highest BCUT2D eigenvalue weighted by atomic mass is 15.3. The second kappa shape index (κ2) is 5.75. The minimum absolute atomic E-state index is 0.658. The minimum Gasteiger partial charge on any atom is -0.303 e. The molecule has 1 rings (SSSR count). The molecule has 0 aliphatic carbocycles. The van der Waals surface area contributed by atoms with Crippen LogP contribution in [-0.2, 0) is 6.42 Å². The smallest absolute Gasteiger partial charge is 0.0587 e. The van der Waals surface area contributed by atoms with Crippen LogP contribution >= 0.6 is 0 Å². The van der Waals surface area contributed by atoms with Gasteiger partial charge in [-0.2, -0.15) is 0 Å². The summed E-state index contributed by atoms with van der Waals surface area (Å²) in [5.74, 6) is 5.15. The molecule has 0 unspecified atom stereocenters. The molecule has 3 heteroatoms. The van der Waals surface area contributed by atoms with Gasteiger partial charge in [-0.3, -0.25) is 5.84 Å². The van der Waals surface area contributed by atoms with E-state index in [2.05, 4.69) is 42.8 Å². The third-order valence-electron chi connectivity index (χ3n) is 2.30. The van der Waals surface area contributed by atoms with Crippen molar-refractivity contribution in [2.45, 2.75) is 20.3 Å². The number of nitrogens with two attached hydrogens (primary N) is 1. The van der Waals surface area contributed by atoms with Crippen molar-refractivity contribution in [3.8, 4) is 0 Å². The van der Waals surface area contributed by atoms with Crippen molar-refractivity contribution in [1.82, 2.24) is 10.7 Å². The average Bonchev–Trinajstić information content (AvgIpc) is 2.15. The predicted octanol–water partition coefficient (Wildman–Crippen LogP) is 0.856. The van der Waals surface area contributed by atoms with Gasteiger partial charge in [0.15, 0.2) is 0 Å². The van der Waals surface area contributed by atoms with E-state index in [1.165, 1.54) is 16.7 Å². The van der Waals surface area contributed by atoms with Crippen LogP contribution in [0, 0.1) is 13.8 Å². The average molecular weight is 193 g/mol. The van der Waals surface area contributed by atoms with Gasteiger partial charge in [0.25, 0.3) is 0 Å². The number of hydrogen-bond acceptors (Lipinski definition) is 3. The largest absolute Gasteiger partial charge is 0.303 e. The number of hydrogen-bond donors (Lipinski definition) is 3. The molecule has 0 saturated carbocycles. The van der Waals surface area contributed by atoms with Gasteiger partial charge in [-0.1, -0.05) is 23.8 Å². The van der Waals surface area contributed by atoms with E-state index in [1.807, 2.05) is 0 Å². The van der Waals surface area contributed by atoms with Gasteiger partial charge in [0, 0.05) is 6.54 Å². The van der Waals surface area contributed by atoms with Crippen LogP contribution in [0.2, 0.25) is 0 Å². The molecule has 0 amide bonds. The first kappa shape index (κ1) is 11.2. The number of benzene rings is 1. The van der Waals surface area contributed by atoms with Crippen LogP contribution in [0.25, 0.3) is 0 Å². The Bertz CT molecular complexity index is 284. The first-order chi connectivity index (χ1) is 6.74. The maximum Gasteiger partial charge on any atom is 0.0587 e. The maximum atomic E-state index is 5.15. The van der Waals surface area contributed by atoms with Crippen LogP contribution < -0.4 is 16.6 Å². The highest BCUT2D eigenvalue weighted by Gasteiger charge is 1.97. The monoisotopic (exact) mass is 193 g/mol. The molecule has 14 heavy (non-hydrogen) atoms. The molecule has 0 aliphatic heterocycles. The highest BCUT2D eigenvalue weighted by Crippen LogP contribution is 2.10. The Morgan fingerprint density at radius 1 is 1.29 bits per heavy atom. The third kappa shape index (κ3) is 3.46. The normalized spacial score (nSPS) is 10.5. The fraction of sp³-hybridized carbons (Fsp3) is 0.455. The molecule has 0 saturated heterocycles. The van der Waals surface area contributed by atoms with Crippen LogP contribution in [0.4, 0.5) is 0 Å². The summed E-state index contributed by atoms with van der Waals surface area (Å²) < 4.78 is 0. The second-order valence-corrected chi connectivity index (χ2v) is 3.56. The van der Waals surface area contributed by atoms with E-state index in [4.69, 9.17) is 5.84 Å². The van der Waals surface area contributed by atoms with Crippen molar-refractivity contribution in [2.75, 3.05) is 13.2 Å². The fourth-order valence-corrected chi connectivity index (χ4v) is 1.51. The van der Waals surface area contributed by atoms with Crippen molar-refractivity contribution >= 4 is 0 Å². The minimum atomic E-state index is 0.658. The zero-order chi connectivity index (χ0) is 10.4. The molecule has 0 heterocycles. The summed E-state index contributed by atoms with van der Waals surface area (Å²) in [7, 11) is 0. The Balaban J connectivity index is 2.42. The van der Waals surface area contributed by atoms with Gasteiger partial charge in [-0.05, 0) is 31.4 Å². The molecule has 0 spiro atoms. The number of aryl methyl sites for hydroxylation is 2. The summed E-state index contributed by atoms with van der Waals surface area (Å²) in [5.41, 5.74) is 6.66. The molecular weight excluding hydrogens is 174 g/mol. The third-order valence-corrected chi connectivity index (χ3v) is 2.30. The van der Waals surface area contributed by atoms with Crippen molar-refractivity contribution in [3.05, 3.63) is 34.9 Å². The lowest BCUT2D eigenvalue weighted by Gasteiger charge is -2.07. The van der Waals surface area contributed by atoms with E-state index in [-0.39, 0.29) is 0 Å². The lowest BCUT2D eigenvalue weighted by molar-refractivity contribution is 0.601. The zero-order valence-electron chi connectivity index (χ0n) is 8.93. The van der Waals surface area contributed by atoms with Gasteiger partial charge in [-0.25, -0.2) is 5.43 Å². The molecule has 0 atom stereocenters. The Labute approximate surface area is 85.7 Å². The maximum absolute atomic E-state index is 5.15. The summed E-state index contributed by atoms with van der Waals surface area (Å²) in [4.78, 5) is 0. The first-order valence-electron chi connectivity index (χ1n) is 4.94. The van der Waals surface area contributed by atoms with Crippen molar-refractivity contribution in [3.63, 3.8) is 0 Å². The zero-order valence-corrected chi connectivity index (χ0v) is 8.93. The first-order valence-corrected chi connectivity index (χ1v) is 4.94. The van der Waals surface area contributed by atoms with E-state index < -0.39 is 0 Å². The molecule has 0 aliphatic rings. The number of nitrogens with one attached hydrogen (secondary N) is 2. The van der Waals surface area contributed by atoms with Crippen molar-refractivity contribution in [2.24, 2.45) is 5.84 Å². The molecule has 0 aromatic heterocycles. The molecule has 4 N–H and O–H groups in total. The molecule has 1 aromatic carbocycles. The quantitative estimate of drug-likeness (QED) is 0.281. The molecule has 0 fully saturated rings. The molecule has 78 valence electrons. The van der Waals surface area contributed by atoms with Crippen LogP contribution in [-0.4, -0.2) is 13.2 Å². The SMILES string of the molecule is Cc1ccc(CCNCNN)c(C)c1. The van der Waals surface area contributed by atoms with Gasteiger partial charge in [0.05, 0.1) is 6.67 Å². The summed E-state index contributed by atoms with van der Waals surface area (Å²) in [6.45, 7) is 5.88. The van der Waals surface area contributed by atoms with E-state index in [0.717, 1.165) is 13.0 Å². The van der Waals surface area contributed by atoms with Gasteiger partial charge < -0.3 is 5.32 Å². The van der Waals surface area contributed by atoms with Gasteiger partial charge >= 0.3 is 0 Å². The van der Waals surface area contributed by atoms with E-state index in [0.29, 0.717) is 6.67 Å². The van der Waals surface area contributed by atoms with Crippen molar-refractivity contribution in [1.29, 1.82) is 0 Å². The molecule has 0 bridgehead atoms. The van der Waals surface area contributed by atoms with Gasteiger partial charge in [0.2, 0.25) is 0 Å². The lowest BCUT2D eigenvalue weighted by atomic mass is 10.0. The standard InChI is InChI=1S/C11H19N3/c1-9-3-4-11(10(2)7-9)5-6-13-8-14-12/h3-4,7,13-14H,5-6,8,12H2,1-2H3. The van der Waals surface area contributed by atoms with E-state index in [1.54, 1.807) is 0 Å². The lowest BCUT2D eigenvalue weighted by Crippen LogP contribution is -2.34. The van der Waals surface area contributed by atoms with Gasteiger partial charge in [0.1, 0.15) is 0 Å². The Morgan fingerprint density at radius 2 is 2.07 bits per heavy atom. The predicted molar refractivity (Wildman–Crippen MR) is 59.8 cm³/mol. The summed E-state index contributed by atoms with van der Waals surface area (Å²) in [5, 5.41) is 3.19.